The van der Waals surface area contributed by atoms with E-state index in [2.05, 4.69) is 4.72 Å². The molecule has 2 rings (SSSR count). The quantitative estimate of drug-likeness (QED) is 0.638. The largest absolute Gasteiger partial charge is 0.240 e. The third kappa shape index (κ3) is 4.68. The number of hydrogen-bond acceptors (Lipinski definition) is 2. The van der Waals surface area contributed by atoms with E-state index in [0.717, 1.165) is 6.42 Å². The van der Waals surface area contributed by atoms with Gasteiger partial charge >= 0.3 is 0 Å². The number of sulfonamides is 1. The lowest BCUT2D eigenvalue weighted by Gasteiger charge is -2.22. The minimum Gasteiger partial charge on any atom is -0.211 e. The predicted octanol–water partition coefficient (Wildman–Crippen LogP) is 3.98. The van der Waals surface area contributed by atoms with Crippen LogP contribution < -0.4 is 4.72 Å². The molecule has 0 unspecified atom stereocenters. The van der Waals surface area contributed by atoms with Crippen LogP contribution in [0.4, 0.5) is 0 Å². The second kappa shape index (κ2) is 7.76. The van der Waals surface area contributed by atoms with Crippen molar-refractivity contribution in [1.82, 2.24) is 4.72 Å². The van der Waals surface area contributed by atoms with Gasteiger partial charge in [-0.05, 0) is 49.8 Å². The fourth-order valence-electron chi connectivity index (χ4n) is 2.88. The van der Waals surface area contributed by atoms with Gasteiger partial charge in [0.15, 0.2) is 0 Å². The lowest BCUT2D eigenvalue weighted by Crippen LogP contribution is -2.24. The van der Waals surface area contributed by atoms with E-state index in [0.29, 0.717) is 17.4 Å². The highest BCUT2D eigenvalue weighted by Crippen LogP contribution is 2.32. The summed E-state index contributed by atoms with van der Waals surface area (Å²) >= 11 is 0. The Kier molecular flexibility index (Phi) is 6.00. The van der Waals surface area contributed by atoms with Crippen molar-refractivity contribution in [2.75, 3.05) is 6.54 Å². The average molecular weight is 307 g/mol. The minimum absolute atomic E-state index is 0.363. The van der Waals surface area contributed by atoms with Gasteiger partial charge < -0.3 is 0 Å². The molecule has 1 aromatic carbocycles. The van der Waals surface area contributed by atoms with Gasteiger partial charge in [-0.25, -0.2) is 13.1 Å². The van der Waals surface area contributed by atoms with Crippen molar-refractivity contribution in [2.24, 2.45) is 0 Å². The fourth-order valence-corrected chi connectivity index (χ4v) is 3.93. The molecule has 1 saturated carbocycles. The molecule has 0 radical (unpaired) electrons. The van der Waals surface area contributed by atoms with Crippen molar-refractivity contribution in [2.45, 2.75) is 56.3 Å². The van der Waals surface area contributed by atoms with Gasteiger partial charge in [0.2, 0.25) is 10.0 Å². The summed E-state index contributed by atoms with van der Waals surface area (Å²) in [5.41, 5.74) is 1.28. The molecule has 0 aromatic heterocycles. The van der Waals surface area contributed by atoms with Gasteiger partial charge in [-0.15, -0.1) is 0 Å². The van der Waals surface area contributed by atoms with Crippen LogP contribution in [-0.4, -0.2) is 15.0 Å². The summed E-state index contributed by atoms with van der Waals surface area (Å²) in [6.07, 6.45) is 11.0. The number of allylic oxidation sites excluding steroid dienone is 1. The molecule has 1 N–H and O–H groups in total. The van der Waals surface area contributed by atoms with E-state index in [-0.39, 0.29) is 0 Å². The molecule has 1 aliphatic carbocycles. The highest BCUT2D eigenvalue weighted by Gasteiger charge is 2.17. The van der Waals surface area contributed by atoms with E-state index in [4.69, 9.17) is 0 Å². The van der Waals surface area contributed by atoms with Gasteiger partial charge in [0.25, 0.3) is 0 Å². The molecule has 1 fully saturated rings. The second-order valence-electron chi connectivity index (χ2n) is 5.66. The summed E-state index contributed by atoms with van der Waals surface area (Å²) < 4.78 is 26.9. The summed E-state index contributed by atoms with van der Waals surface area (Å²) in [5.74, 6) is 0.609. The molecule has 0 heterocycles. The van der Waals surface area contributed by atoms with Crippen LogP contribution in [0.3, 0.4) is 0 Å². The first-order chi connectivity index (χ1) is 10.1. The molecule has 116 valence electrons. The Balaban J connectivity index is 2.00. The zero-order chi connectivity index (χ0) is 15.1. The Morgan fingerprint density at radius 2 is 1.81 bits per heavy atom. The first-order valence-corrected chi connectivity index (χ1v) is 9.32. The molecule has 1 aliphatic rings. The van der Waals surface area contributed by atoms with Crippen molar-refractivity contribution >= 4 is 10.0 Å². The monoisotopic (exact) mass is 307 g/mol. The van der Waals surface area contributed by atoms with Crippen LogP contribution >= 0.6 is 0 Å². The Morgan fingerprint density at radius 3 is 2.43 bits per heavy atom. The zero-order valence-corrected chi connectivity index (χ0v) is 13.5. The van der Waals surface area contributed by atoms with Crippen molar-refractivity contribution in [3.05, 3.63) is 42.0 Å². The molecule has 0 saturated heterocycles. The summed E-state index contributed by atoms with van der Waals surface area (Å²) in [5, 5.41) is 0. The molecule has 0 bridgehead atoms. The van der Waals surface area contributed by atoms with Crippen molar-refractivity contribution in [1.29, 1.82) is 0 Å². The molecule has 0 aliphatic heterocycles. The Labute approximate surface area is 128 Å². The second-order valence-corrected chi connectivity index (χ2v) is 7.43. The van der Waals surface area contributed by atoms with E-state index >= 15 is 0 Å². The van der Waals surface area contributed by atoms with Crippen LogP contribution in [0.1, 0.15) is 56.9 Å². The number of hydrogen-bond donors (Lipinski definition) is 1. The Bertz CT molecular complexity index is 555. The molecular formula is C17H25NO2S. The highest BCUT2D eigenvalue weighted by atomic mass is 32.2. The van der Waals surface area contributed by atoms with Crippen molar-refractivity contribution in [3.8, 4) is 0 Å². The minimum atomic E-state index is -3.37. The first kappa shape index (κ1) is 16.2. The molecule has 1 aromatic rings. The molecule has 0 spiro atoms. The fraction of sp³-hybridized carbons (Fsp3) is 0.529. The summed E-state index contributed by atoms with van der Waals surface area (Å²) in [4.78, 5) is 0.363. The van der Waals surface area contributed by atoms with E-state index in [1.54, 1.807) is 12.1 Å². The van der Waals surface area contributed by atoms with E-state index in [1.807, 2.05) is 31.2 Å². The van der Waals surface area contributed by atoms with Crippen LogP contribution in [0, 0.1) is 0 Å². The van der Waals surface area contributed by atoms with Crippen LogP contribution in [0.5, 0.6) is 0 Å². The summed E-state index contributed by atoms with van der Waals surface area (Å²) in [7, 11) is -3.37. The Hall–Kier alpha value is -1.13. The molecule has 0 atom stereocenters. The highest BCUT2D eigenvalue weighted by molar-refractivity contribution is 7.89. The van der Waals surface area contributed by atoms with Gasteiger partial charge in [0.1, 0.15) is 0 Å². The maximum atomic E-state index is 12.1. The molecule has 3 nitrogen and oxygen atoms in total. The first-order valence-electron chi connectivity index (χ1n) is 7.84. The van der Waals surface area contributed by atoms with Crippen molar-refractivity contribution in [3.63, 3.8) is 0 Å². The number of rotatable bonds is 6. The smallest absolute Gasteiger partial charge is 0.211 e. The van der Waals surface area contributed by atoms with E-state index < -0.39 is 10.0 Å². The van der Waals surface area contributed by atoms with Gasteiger partial charge in [-0.2, -0.15) is 0 Å². The number of nitrogens with one attached hydrogen (secondary N) is 1. The van der Waals surface area contributed by atoms with Gasteiger partial charge in [0.05, 0.1) is 4.90 Å². The molecule has 0 amide bonds. The average Bonchev–Trinajstić information content (AvgIpc) is 2.53. The summed E-state index contributed by atoms with van der Waals surface area (Å²) in [6.45, 7) is 2.37. The maximum absolute atomic E-state index is 12.1. The normalized spacial score (nSPS) is 17.4. The van der Waals surface area contributed by atoms with Crippen LogP contribution in [0.15, 0.2) is 41.3 Å². The molecule has 21 heavy (non-hydrogen) atoms. The third-order valence-corrected chi connectivity index (χ3v) is 5.58. The van der Waals surface area contributed by atoms with Gasteiger partial charge in [-0.3, -0.25) is 0 Å². The Morgan fingerprint density at radius 1 is 1.14 bits per heavy atom. The van der Waals surface area contributed by atoms with Crippen molar-refractivity contribution < 1.29 is 8.42 Å². The zero-order valence-electron chi connectivity index (χ0n) is 12.7. The number of benzene rings is 1. The molecular weight excluding hydrogens is 282 g/mol. The maximum Gasteiger partial charge on any atom is 0.240 e. The SMILES string of the molecule is C/C=C/CCNS(=O)(=O)c1ccc(C2CCCCC2)cc1. The molecule has 4 heteroatoms. The van der Waals surface area contributed by atoms with Gasteiger partial charge in [-0.1, -0.05) is 43.5 Å². The van der Waals surface area contributed by atoms with Gasteiger partial charge in [0, 0.05) is 6.54 Å². The van der Waals surface area contributed by atoms with E-state index in [1.165, 1.54) is 37.7 Å². The van der Waals surface area contributed by atoms with Crippen LogP contribution in [0.25, 0.3) is 0 Å². The standard InChI is InChI=1S/C17H25NO2S/c1-2-3-7-14-18-21(19,20)17-12-10-16(11-13-17)15-8-5-4-6-9-15/h2-3,10-13,15,18H,4-9,14H2,1H3/b3-2+. The topological polar surface area (TPSA) is 46.2 Å². The predicted molar refractivity (Wildman–Crippen MR) is 86.9 cm³/mol. The summed E-state index contributed by atoms with van der Waals surface area (Å²) in [6, 6.07) is 7.44. The van der Waals surface area contributed by atoms with E-state index in [9.17, 15) is 8.42 Å². The van der Waals surface area contributed by atoms with Crippen LogP contribution in [0.2, 0.25) is 0 Å². The van der Waals surface area contributed by atoms with Crippen LogP contribution in [-0.2, 0) is 10.0 Å². The lowest BCUT2D eigenvalue weighted by molar-refractivity contribution is 0.443. The lowest BCUT2D eigenvalue weighted by atomic mass is 9.84. The third-order valence-electron chi connectivity index (χ3n) is 4.11.